The van der Waals surface area contributed by atoms with Crippen molar-refractivity contribution in [3.8, 4) is 0 Å². The summed E-state index contributed by atoms with van der Waals surface area (Å²) in [6.45, 7) is 0. The molecule has 0 saturated carbocycles. The third-order valence-electron chi connectivity index (χ3n) is 1.33. The average molecular weight is 205 g/mol. The molecule has 4 heteroatoms. The molecule has 0 atom stereocenters. The number of hydrogen-bond donors (Lipinski definition) is 0. The second-order valence-corrected chi connectivity index (χ2v) is 2.61. The Morgan fingerprint density at radius 3 is 2.69 bits per heavy atom. The van der Waals surface area contributed by atoms with E-state index >= 15 is 0 Å². The summed E-state index contributed by atoms with van der Waals surface area (Å²) in [7, 11) is 0. The van der Waals surface area contributed by atoms with Gasteiger partial charge in [0.25, 0.3) is 0 Å². The van der Waals surface area contributed by atoms with Crippen LogP contribution in [0.3, 0.4) is 0 Å². The van der Waals surface area contributed by atoms with Gasteiger partial charge in [-0.25, -0.2) is 0 Å². The van der Waals surface area contributed by atoms with E-state index in [1.54, 1.807) is 18.2 Å². The number of carbonyl (C=O) groups excluding carboxylic acids is 1. The van der Waals surface area contributed by atoms with E-state index in [0.717, 1.165) is 6.08 Å². The second-order valence-electron chi connectivity index (χ2n) is 2.18. The summed E-state index contributed by atoms with van der Waals surface area (Å²) in [5.74, 6) is -0.326. The van der Waals surface area contributed by atoms with Gasteiger partial charge in [-0.05, 0) is 18.2 Å². The molecule has 0 radical (unpaired) electrons. The van der Waals surface area contributed by atoms with Crippen molar-refractivity contribution < 1.29 is 39.5 Å². The van der Waals surface area contributed by atoms with E-state index < -0.39 is 0 Å². The van der Waals surface area contributed by atoms with Crippen molar-refractivity contribution in [3.05, 3.63) is 47.2 Å². The van der Waals surface area contributed by atoms with Gasteiger partial charge >= 0.3 is 29.6 Å². The summed E-state index contributed by atoms with van der Waals surface area (Å²) in [5, 5.41) is 10.5. The Kier molecular flexibility index (Phi) is 6.08. The molecule has 0 spiro atoms. The number of rotatable bonds is 2. The fourth-order valence-corrected chi connectivity index (χ4v) is 0.990. The van der Waals surface area contributed by atoms with Gasteiger partial charge in [-0.3, -0.25) is 4.79 Å². The summed E-state index contributed by atoms with van der Waals surface area (Å²) in [5.41, 5.74) is 0.426. The number of hydrogen-bond acceptors (Lipinski definition) is 2. The molecular formula is C9H6ClNaO2. The van der Waals surface area contributed by atoms with Crippen molar-refractivity contribution in [2.24, 2.45) is 0 Å². The Labute approximate surface area is 104 Å². The maximum Gasteiger partial charge on any atom is 1.00 e. The van der Waals surface area contributed by atoms with Gasteiger partial charge in [-0.15, -0.1) is 6.26 Å². The van der Waals surface area contributed by atoms with Crippen LogP contribution in [-0.2, 0) is 0 Å². The van der Waals surface area contributed by atoms with Crippen LogP contribution >= 0.6 is 11.6 Å². The van der Waals surface area contributed by atoms with Crippen molar-refractivity contribution in [2.75, 3.05) is 0 Å². The summed E-state index contributed by atoms with van der Waals surface area (Å²) < 4.78 is 0. The Bertz CT molecular complexity index is 323. The number of benzene rings is 1. The van der Waals surface area contributed by atoms with Crippen LogP contribution in [0.2, 0.25) is 5.02 Å². The van der Waals surface area contributed by atoms with Gasteiger partial charge in [0, 0.05) is 10.6 Å². The normalized spacial score (nSPS) is 9.62. The summed E-state index contributed by atoms with van der Waals surface area (Å²) in [6, 6.07) is 6.45. The molecule has 1 aromatic carbocycles. The van der Waals surface area contributed by atoms with Gasteiger partial charge < -0.3 is 5.11 Å². The molecule has 62 valence electrons. The Morgan fingerprint density at radius 2 is 2.15 bits per heavy atom. The topological polar surface area (TPSA) is 40.1 Å². The summed E-state index contributed by atoms with van der Waals surface area (Å²) >= 11 is 5.63. The van der Waals surface area contributed by atoms with Crippen molar-refractivity contribution in [2.45, 2.75) is 0 Å². The second kappa shape index (κ2) is 6.22. The Balaban J connectivity index is 0.00000144. The molecule has 0 aliphatic carbocycles. The molecule has 0 unspecified atom stereocenters. The van der Waals surface area contributed by atoms with E-state index in [4.69, 9.17) is 11.6 Å². The van der Waals surface area contributed by atoms with Crippen LogP contribution in [0.4, 0.5) is 0 Å². The standard InChI is InChI=1S/C9H7ClO2.Na/c10-8-3-1-2-7(6-8)9(12)4-5-11;/h1-6,11H;/q;+1/p-1. The first kappa shape index (κ1) is 12.7. The quantitative estimate of drug-likeness (QED) is 0.252. The van der Waals surface area contributed by atoms with Crippen molar-refractivity contribution in [1.82, 2.24) is 0 Å². The van der Waals surface area contributed by atoms with Gasteiger partial charge in [-0.2, -0.15) is 0 Å². The van der Waals surface area contributed by atoms with E-state index in [0.29, 0.717) is 16.8 Å². The molecular weight excluding hydrogens is 199 g/mol. The van der Waals surface area contributed by atoms with Crippen LogP contribution in [0.25, 0.3) is 0 Å². The molecule has 0 saturated heterocycles. The maximum atomic E-state index is 11.1. The van der Waals surface area contributed by atoms with Crippen molar-refractivity contribution in [3.63, 3.8) is 0 Å². The van der Waals surface area contributed by atoms with E-state index in [9.17, 15) is 9.90 Å². The van der Waals surface area contributed by atoms with Gasteiger partial charge in [0.2, 0.25) is 0 Å². The van der Waals surface area contributed by atoms with Gasteiger partial charge in [0.15, 0.2) is 5.78 Å². The molecule has 1 rings (SSSR count). The SMILES string of the molecule is O=C(C=C[O-])c1cccc(Cl)c1.[Na+]. The number of carbonyl (C=O) groups is 1. The van der Waals surface area contributed by atoms with E-state index in [1.807, 2.05) is 0 Å². The van der Waals surface area contributed by atoms with E-state index in [-0.39, 0.29) is 35.3 Å². The first-order valence-electron chi connectivity index (χ1n) is 3.32. The van der Waals surface area contributed by atoms with Gasteiger partial charge in [0.05, 0.1) is 0 Å². The predicted octanol–water partition coefficient (Wildman–Crippen LogP) is -1.60. The van der Waals surface area contributed by atoms with Crippen LogP contribution in [0.5, 0.6) is 0 Å². The fraction of sp³-hybridized carbons (Fsp3) is 0. The molecule has 13 heavy (non-hydrogen) atoms. The van der Waals surface area contributed by atoms with Crippen LogP contribution in [0.15, 0.2) is 36.6 Å². The molecule has 0 fully saturated rings. The minimum atomic E-state index is -0.326. The minimum absolute atomic E-state index is 0. The zero-order valence-corrected chi connectivity index (χ0v) is 9.91. The van der Waals surface area contributed by atoms with Crippen LogP contribution in [-0.4, -0.2) is 5.78 Å². The number of halogens is 1. The average Bonchev–Trinajstić information content (AvgIpc) is 2.05. The number of ketones is 1. The largest absolute Gasteiger partial charge is 1.00 e. The monoisotopic (exact) mass is 204 g/mol. The Morgan fingerprint density at radius 1 is 1.46 bits per heavy atom. The van der Waals surface area contributed by atoms with E-state index in [1.165, 1.54) is 6.07 Å². The van der Waals surface area contributed by atoms with Crippen LogP contribution in [0, 0.1) is 0 Å². The van der Waals surface area contributed by atoms with Crippen molar-refractivity contribution >= 4 is 17.4 Å². The van der Waals surface area contributed by atoms with Crippen LogP contribution in [0.1, 0.15) is 10.4 Å². The molecule has 0 heterocycles. The van der Waals surface area contributed by atoms with Crippen LogP contribution < -0.4 is 34.7 Å². The summed E-state index contributed by atoms with van der Waals surface area (Å²) in [6.07, 6.45) is 1.43. The maximum absolute atomic E-state index is 11.1. The third-order valence-corrected chi connectivity index (χ3v) is 1.56. The summed E-state index contributed by atoms with van der Waals surface area (Å²) in [4.78, 5) is 11.1. The molecule has 0 amide bonds. The molecule has 0 aromatic heterocycles. The number of allylic oxidation sites excluding steroid dienone is 1. The molecule has 0 aliphatic rings. The first-order chi connectivity index (χ1) is 5.74. The van der Waals surface area contributed by atoms with E-state index in [2.05, 4.69) is 0 Å². The molecule has 0 N–H and O–H groups in total. The predicted molar refractivity (Wildman–Crippen MR) is 44.9 cm³/mol. The molecule has 2 nitrogen and oxygen atoms in total. The van der Waals surface area contributed by atoms with Gasteiger partial charge in [-0.1, -0.05) is 23.7 Å². The fourth-order valence-electron chi connectivity index (χ4n) is 0.800. The third kappa shape index (κ3) is 3.96. The smallest absolute Gasteiger partial charge is 0.878 e. The van der Waals surface area contributed by atoms with Crippen molar-refractivity contribution in [1.29, 1.82) is 0 Å². The first-order valence-corrected chi connectivity index (χ1v) is 3.70. The minimum Gasteiger partial charge on any atom is -0.878 e. The molecule has 0 aliphatic heterocycles. The molecule has 1 aromatic rings. The zero-order valence-electron chi connectivity index (χ0n) is 7.16. The van der Waals surface area contributed by atoms with Gasteiger partial charge in [0.1, 0.15) is 0 Å². The zero-order chi connectivity index (χ0) is 8.97. The Hall–Kier alpha value is -0.280. The molecule has 0 bridgehead atoms.